The smallest absolute Gasteiger partial charge is 0.328 e. The largest absolute Gasteiger partial charge is 0.480 e. The Hall–Kier alpha value is -1.55. The van der Waals surface area contributed by atoms with Crippen molar-refractivity contribution in [3.8, 4) is 12.3 Å². The van der Waals surface area contributed by atoms with Crippen LogP contribution in [-0.4, -0.2) is 40.5 Å². The first-order valence-electron chi connectivity index (χ1n) is 4.42. The zero-order valence-electron chi connectivity index (χ0n) is 8.80. The Labute approximate surface area is 93.3 Å². The molecule has 0 spiro atoms. The van der Waals surface area contributed by atoms with Gasteiger partial charge in [0, 0.05) is 6.42 Å². The van der Waals surface area contributed by atoms with Gasteiger partial charge in [0.05, 0.1) is 0 Å². The highest BCUT2D eigenvalue weighted by Crippen LogP contribution is 2.37. The first kappa shape index (κ1) is 12.5. The van der Waals surface area contributed by atoms with Crippen LogP contribution in [0.2, 0.25) is 0 Å². The van der Waals surface area contributed by atoms with Crippen LogP contribution in [-0.2, 0) is 19.6 Å². The zero-order valence-corrected chi connectivity index (χ0v) is 9.61. The summed E-state index contributed by atoms with van der Waals surface area (Å²) in [6.07, 6.45) is 4.60. The van der Waals surface area contributed by atoms with Gasteiger partial charge in [-0.25, -0.2) is 17.5 Å². The molecule has 1 atom stereocenters. The maximum atomic E-state index is 11.7. The summed E-state index contributed by atoms with van der Waals surface area (Å²) in [4.78, 5) is 22.3. The number of carboxylic acids is 1. The molecule has 1 unspecified atom stereocenters. The third kappa shape index (κ3) is 1.38. The molecule has 1 amide bonds. The maximum Gasteiger partial charge on any atom is 0.328 e. The van der Waals surface area contributed by atoms with Crippen LogP contribution < -0.4 is 0 Å². The third-order valence-electron chi connectivity index (χ3n) is 2.50. The minimum Gasteiger partial charge on any atom is -0.480 e. The Morgan fingerprint density at radius 3 is 2.44 bits per heavy atom. The molecule has 1 aliphatic rings. The lowest BCUT2D eigenvalue weighted by atomic mass is 10.1. The summed E-state index contributed by atoms with van der Waals surface area (Å²) in [5.41, 5.74) is 0. The van der Waals surface area contributed by atoms with Crippen molar-refractivity contribution in [3.05, 3.63) is 0 Å². The highest BCUT2D eigenvalue weighted by molar-refractivity contribution is 7.94. The predicted octanol–water partition coefficient (Wildman–Crippen LogP) is -0.587. The van der Waals surface area contributed by atoms with Gasteiger partial charge < -0.3 is 5.11 Å². The van der Waals surface area contributed by atoms with Gasteiger partial charge in [0.25, 0.3) is 15.9 Å². The molecule has 1 rings (SSSR count). The molecule has 0 radical (unpaired) electrons. The first-order chi connectivity index (χ1) is 7.17. The quantitative estimate of drug-likeness (QED) is 0.671. The molecule has 0 aliphatic carbocycles. The molecule has 88 valence electrons. The summed E-state index contributed by atoms with van der Waals surface area (Å²) in [7, 11) is -3.91. The SMILES string of the molecule is C#CCC(C(=O)O)N1C(=O)C(C)(C)S1(=O)=O. The van der Waals surface area contributed by atoms with E-state index in [1.165, 1.54) is 13.8 Å². The van der Waals surface area contributed by atoms with E-state index in [-0.39, 0.29) is 6.42 Å². The summed E-state index contributed by atoms with van der Waals surface area (Å²) in [5.74, 6) is -0.121. The maximum absolute atomic E-state index is 11.7. The molecule has 1 saturated heterocycles. The van der Waals surface area contributed by atoms with Crippen molar-refractivity contribution >= 4 is 21.9 Å². The molecule has 7 heteroatoms. The number of hydrogen-bond donors (Lipinski definition) is 1. The number of rotatable bonds is 3. The summed E-state index contributed by atoms with van der Waals surface area (Å²) >= 11 is 0. The number of sulfonamides is 1. The van der Waals surface area contributed by atoms with Crippen LogP contribution in [0.4, 0.5) is 0 Å². The van der Waals surface area contributed by atoms with Crippen LogP contribution in [0.15, 0.2) is 0 Å². The van der Waals surface area contributed by atoms with Crippen LogP contribution in [0.3, 0.4) is 0 Å². The van der Waals surface area contributed by atoms with Gasteiger partial charge in [-0.3, -0.25) is 4.79 Å². The van der Waals surface area contributed by atoms with E-state index in [1.54, 1.807) is 0 Å². The summed E-state index contributed by atoms with van der Waals surface area (Å²) in [6.45, 7) is 2.46. The Bertz CT molecular complexity index is 485. The monoisotopic (exact) mass is 245 g/mol. The van der Waals surface area contributed by atoms with Gasteiger partial charge in [-0.05, 0) is 13.8 Å². The third-order valence-corrected chi connectivity index (χ3v) is 4.90. The fourth-order valence-corrected chi connectivity index (χ4v) is 3.01. The van der Waals surface area contributed by atoms with E-state index in [0.717, 1.165) is 0 Å². The van der Waals surface area contributed by atoms with E-state index in [0.29, 0.717) is 4.31 Å². The molecule has 1 aliphatic heterocycles. The van der Waals surface area contributed by atoms with Crippen molar-refractivity contribution in [1.82, 2.24) is 4.31 Å². The van der Waals surface area contributed by atoms with E-state index in [1.807, 2.05) is 5.92 Å². The van der Waals surface area contributed by atoms with Crippen LogP contribution in [0.5, 0.6) is 0 Å². The van der Waals surface area contributed by atoms with E-state index in [9.17, 15) is 18.0 Å². The molecular weight excluding hydrogens is 234 g/mol. The van der Waals surface area contributed by atoms with Crippen molar-refractivity contribution < 1.29 is 23.1 Å². The van der Waals surface area contributed by atoms with E-state index in [2.05, 4.69) is 0 Å². The average Bonchev–Trinajstić information content (AvgIpc) is 2.15. The zero-order chi connectivity index (χ0) is 12.7. The van der Waals surface area contributed by atoms with Crippen molar-refractivity contribution in [3.63, 3.8) is 0 Å². The molecule has 0 bridgehead atoms. The average molecular weight is 245 g/mol. The molecule has 6 nitrogen and oxygen atoms in total. The number of terminal acetylenes is 1. The van der Waals surface area contributed by atoms with Gasteiger partial charge in [-0.2, -0.15) is 0 Å². The minimum atomic E-state index is -3.91. The number of carbonyl (C=O) groups excluding carboxylic acids is 1. The van der Waals surface area contributed by atoms with Crippen LogP contribution in [0.1, 0.15) is 20.3 Å². The van der Waals surface area contributed by atoms with E-state index < -0.39 is 32.7 Å². The van der Waals surface area contributed by atoms with Crippen LogP contribution >= 0.6 is 0 Å². The number of hydrogen-bond acceptors (Lipinski definition) is 4. The second-order valence-corrected chi connectivity index (χ2v) is 6.24. The molecule has 16 heavy (non-hydrogen) atoms. The summed E-state index contributed by atoms with van der Waals surface area (Å²) in [6, 6.07) is -1.50. The standard InChI is InChI=1S/C9H11NO5S/c1-4-5-6(7(11)12)10-8(13)9(2,3)16(10,14)15/h1,6H,5H2,2-3H3,(H,11,12). The van der Waals surface area contributed by atoms with Gasteiger partial charge in [-0.15, -0.1) is 12.3 Å². The summed E-state index contributed by atoms with van der Waals surface area (Å²) in [5, 5.41) is 8.81. The molecule has 0 aromatic rings. The van der Waals surface area contributed by atoms with Gasteiger partial charge in [0.1, 0.15) is 0 Å². The lowest BCUT2D eigenvalue weighted by molar-refractivity contribution is -0.148. The molecule has 1 fully saturated rings. The normalized spacial score (nSPS) is 23.1. The molecule has 1 heterocycles. The number of amides is 1. The number of aliphatic carboxylic acids is 1. The fraction of sp³-hybridized carbons (Fsp3) is 0.556. The lowest BCUT2D eigenvalue weighted by Gasteiger charge is -2.45. The molecular formula is C9H11NO5S. The van der Waals surface area contributed by atoms with Gasteiger partial charge >= 0.3 is 5.97 Å². The Balaban J connectivity index is 3.13. The first-order valence-corrected chi connectivity index (χ1v) is 5.86. The van der Waals surface area contributed by atoms with Gasteiger partial charge in [-0.1, -0.05) is 0 Å². The van der Waals surface area contributed by atoms with Crippen molar-refractivity contribution in [1.29, 1.82) is 0 Å². The number of carbonyl (C=O) groups is 2. The van der Waals surface area contributed by atoms with Crippen molar-refractivity contribution in [2.75, 3.05) is 0 Å². The lowest BCUT2D eigenvalue weighted by Crippen LogP contribution is -2.71. The van der Waals surface area contributed by atoms with Crippen LogP contribution in [0.25, 0.3) is 0 Å². The predicted molar refractivity (Wildman–Crippen MR) is 54.7 cm³/mol. The van der Waals surface area contributed by atoms with E-state index in [4.69, 9.17) is 11.5 Å². The second kappa shape index (κ2) is 3.49. The number of nitrogens with zero attached hydrogens (tertiary/aromatic N) is 1. The molecule has 0 aromatic carbocycles. The Morgan fingerprint density at radius 1 is 1.62 bits per heavy atom. The van der Waals surface area contributed by atoms with Crippen molar-refractivity contribution in [2.45, 2.75) is 31.1 Å². The minimum absolute atomic E-state index is 0.337. The fourth-order valence-electron chi connectivity index (χ4n) is 1.38. The van der Waals surface area contributed by atoms with E-state index >= 15 is 0 Å². The van der Waals surface area contributed by atoms with Crippen molar-refractivity contribution in [2.24, 2.45) is 0 Å². The van der Waals surface area contributed by atoms with Gasteiger partial charge in [0.15, 0.2) is 10.8 Å². The topological polar surface area (TPSA) is 91.8 Å². The Kier molecular flexibility index (Phi) is 2.73. The highest BCUT2D eigenvalue weighted by Gasteiger charge is 2.63. The highest BCUT2D eigenvalue weighted by atomic mass is 32.2. The number of carboxylic acid groups (broad SMARTS) is 1. The second-order valence-electron chi connectivity index (χ2n) is 3.88. The van der Waals surface area contributed by atoms with Gasteiger partial charge in [0.2, 0.25) is 0 Å². The molecule has 0 saturated carbocycles. The summed E-state index contributed by atoms with van der Waals surface area (Å²) < 4.78 is 22.1. The Morgan fingerprint density at radius 2 is 2.12 bits per heavy atom. The molecule has 0 aromatic heterocycles. The molecule has 1 N–H and O–H groups in total. The van der Waals surface area contributed by atoms with Crippen LogP contribution in [0, 0.1) is 12.3 Å².